The van der Waals surface area contributed by atoms with Crippen molar-refractivity contribution < 1.29 is 18.7 Å². The summed E-state index contributed by atoms with van der Waals surface area (Å²) in [5.74, 6) is 0.166. The van der Waals surface area contributed by atoms with E-state index in [2.05, 4.69) is 10.3 Å². The van der Waals surface area contributed by atoms with Gasteiger partial charge in [0.1, 0.15) is 23.3 Å². The molecule has 1 atom stereocenters. The second-order valence-electron chi connectivity index (χ2n) is 7.43. The Balaban J connectivity index is 2.09. The van der Waals surface area contributed by atoms with E-state index < -0.39 is 17.7 Å². The molecule has 148 valence electrons. The van der Waals surface area contributed by atoms with Gasteiger partial charge < -0.3 is 14.8 Å². The van der Waals surface area contributed by atoms with Gasteiger partial charge in [-0.05, 0) is 45.0 Å². The average molecular weight is 385 g/mol. The van der Waals surface area contributed by atoms with E-state index in [-0.39, 0.29) is 12.4 Å². The highest BCUT2D eigenvalue weighted by molar-refractivity contribution is 5.79. The number of aromatic nitrogens is 2. The van der Waals surface area contributed by atoms with Crippen LogP contribution >= 0.6 is 0 Å². The molecule has 0 aliphatic heterocycles. The predicted octanol–water partition coefficient (Wildman–Crippen LogP) is 4.38. The highest BCUT2D eigenvalue weighted by Gasteiger charge is 2.26. The second-order valence-corrected chi connectivity index (χ2v) is 7.43. The predicted molar refractivity (Wildman–Crippen MR) is 105 cm³/mol. The molecule has 0 aliphatic rings. The SMILES string of the molecule is COC[C@H](NC(=O)OC(C)(C)C)c1nc2ccc(F)cc2n1-c1ccccc1. The molecule has 0 saturated heterocycles. The van der Waals surface area contributed by atoms with E-state index in [9.17, 15) is 9.18 Å². The standard InChI is InChI=1S/C21H24FN3O3/c1-21(2,3)28-20(26)24-17(13-27-4)19-23-16-11-10-14(22)12-18(16)25(19)15-8-6-5-7-9-15/h5-12,17H,13H2,1-4H3,(H,24,26)/t17-/m0/s1. The topological polar surface area (TPSA) is 65.4 Å². The molecule has 3 aromatic rings. The molecule has 2 aromatic carbocycles. The zero-order valence-electron chi connectivity index (χ0n) is 16.4. The second kappa shape index (κ2) is 7.98. The Morgan fingerprint density at radius 2 is 1.93 bits per heavy atom. The molecule has 28 heavy (non-hydrogen) atoms. The summed E-state index contributed by atoms with van der Waals surface area (Å²) >= 11 is 0. The fourth-order valence-corrected chi connectivity index (χ4v) is 2.95. The lowest BCUT2D eigenvalue weighted by atomic mass is 10.2. The van der Waals surface area contributed by atoms with Gasteiger partial charge in [0.15, 0.2) is 0 Å². The number of halogens is 1. The van der Waals surface area contributed by atoms with Crippen molar-refractivity contribution in [1.82, 2.24) is 14.9 Å². The minimum absolute atomic E-state index is 0.178. The summed E-state index contributed by atoms with van der Waals surface area (Å²) in [7, 11) is 1.54. The van der Waals surface area contributed by atoms with Crippen LogP contribution in [0.1, 0.15) is 32.6 Å². The fourth-order valence-electron chi connectivity index (χ4n) is 2.95. The van der Waals surface area contributed by atoms with Crippen molar-refractivity contribution in [2.75, 3.05) is 13.7 Å². The molecular formula is C21H24FN3O3. The summed E-state index contributed by atoms with van der Waals surface area (Å²) in [6.45, 7) is 5.55. The smallest absolute Gasteiger partial charge is 0.408 e. The van der Waals surface area contributed by atoms with E-state index in [1.165, 1.54) is 12.1 Å². The van der Waals surface area contributed by atoms with Crippen molar-refractivity contribution in [1.29, 1.82) is 0 Å². The average Bonchev–Trinajstić information content (AvgIpc) is 2.99. The van der Waals surface area contributed by atoms with Crippen LogP contribution in [0.15, 0.2) is 48.5 Å². The molecule has 0 aliphatic carbocycles. The first kappa shape index (κ1) is 19.8. The number of amides is 1. The maximum Gasteiger partial charge on any atom is 0.408 e. The van der Waals surface area contributed by atoms with Gasteiger partial charge in [-0.2, -0.15) is 0 Å². The van der Waals surface area contributed by atoms with Gasteiger partial charge in [-0.3, -0.25) is 4.57 Å². The number of carbonyl (C=O) groups is 1. The van der Waals surface area contributed by atoms with Gasteiger partial charge in [-0.15, -0.1) is 0 Å². The summed E-state index contributed by atoms with van der Waals surface area (Å²) in [4.78, 5) is 17.0. The molecule has 3 rings (SSSR count). The summed E-state index contributed by atoms with van der Waals surface area (Å²) in [5.41, 5.74) is 1.39. The Labute approximate surface area is 163 Å². The monoisotopic (exact) mass is 385 g/mol. The third-order valence-electron chi connectivity index (χ3n) is 3.99. The highest BCUT2D eigenvalue weighted by atomic mass is 19.1. The number of rotatable bonds is 5. The third kappa shape index (κ3) is 4.48. The van der Waals surface area contributed by atoms with Crippen LogP contribution in [-0.4, -0.2) is 35.0 Å². The van der Waals surface area contributed by atoms with Crippen LogP contribution in [0.2, 0.25) is 0 Å². The highest BCUT2D eigenvalue weighted by Crippen LogP contribution is 2.26. The van der Waals surface area contributed by atoms with Crippen LogP contribution in [0, 0.1) is 5.82 Å². The number of benzene rings is 2. The molecule has 1 amide bonds. The third-order valence-corrected chi connectivity index (χ3v) is 3.99. The molecule has 1 N–H and O–H groups in total. The van der Waals surface area contributed by atoms with Crippen LogP contribution in [0.5, 0.6) is 0 Å². The maximum absolute atomic E-state index is 13.9. The van der Waals surface area contributed by atoms with Gasteiger partial charge in [0.2, 0.25) is 0 Å². The number of nitrogens with one attached hydrogen (secondary N) is 1. The Bertz CT molecular complexity index is 964. The first-order chi connectivity index (χ1) is 13.3. The van der Waals surface area contributed by atoms with E-state index in [1.807, 2.05) is 34.9 Å². The zero-order valence-corrected chi connectivity index (χ0v) is 16.4. The van der Waals surface area contributed by atoms with Crippen molar-refractivity contribution in [3.8, 4) is 5.69 Å². The van der Waals surface area contributed by atoms with Gasteiger partial charge in [0.25, 0.3) is 0 Å². The molecule has 1 heterocycles. The summed E-state index contributed by atoms with van der Waals surface area (Å²) in [5, 5.41) is 2.81. The first-order valence-corrected chi connectivity index (χ1v) is 9.00. The Morgan fingerprint density at radius 3 is 2.57 bits per heavy atom. The molecule has 0 radical (unpaired) electrons. The number of fused-ring (bicyclic) bond motifs is 1. The number of hydrogen-bond donors (Lipinski definition) is 1. The molecule has 6 nitrogen and oxygen atoms in total. The van der Waals surface area contributed by atoms with Gasteiger partial charge in [-0.1, -0.05) is 18.2 Å². The largest absolute Gasteiger partial charge is 0.444 e. The molecule has 0 bridgehead atoms. The lowest BCUT2D eigenvalue weighted by molar-refractivity contribution is 0.0463. The molecule has 0 fully saturated rings. The van der Waals surface area contributed by atoms with E-state index >= 15 is 0 Å². The number of hydrogen-bond acceptors (Lipinski definition) is 4. The summed E-state index contributed by atoms with van der Waals surface area (Å²) < 4.78 is 26.4. The number of methoxy groups -OCH3 is 1. The van der Waals surface area contributed by atoms with E-state index in [4.69, 9.17) is 9.47 Å². The maximum atomic E-state index is 13.9. The first-order valence-electron chi connectivity index (χ1n) is 9.00. The number of alkyl carbamates (subject to hydrolysis) is 1. The number of nitrogens with zero attached hydrogens (tertiary/aromatic N) is 2. The number of imidazole rings is 1. The minimum Gasteiger partial charge on any atom is -0.444 e. The number of para-hydroxylation sites is 1. The van der Waals surface area contributed by atoms with Crippen molar-refractivity contribution >= 4 is 17.1 Å². The fraction of sp³-hybridized carbons (Fsp3) is 0.333. The molecule has 0 saturated carbocycles. The molecule has 0 unspecified atom stereocenters. The van der Waals surface area contributed by atoms with Gasteiger partial charge in [-0.25, -0.2) is 14.2 Å². The number of carbonyl (C=O) groups excluding carboxylic acids is 1. The van der Waals surface area contributed by atoms with E-state index in [0.717, 1.165) is 5.69 Å². The normalized spacial score (nSPS) is 12.8. The minimum atomic E-state index is -0.635. The van der Waals surface area contributed by atoms with Crippen molar-refractivity contribution in [3.05, 3.63) is 60.2 Å². The molecular weight excluding hydrogens is 361 g/mol. The van der Waals surface area contributed by atoms with Gasteiger partial charge >= 0.3 is 6.09 Å². The molecule has 1 aromatic heterocycles. The lowest BCUT2D eigenvalue weighted by Crippen LogP contribution is -2.37. The Kier molecular flexibility index (Phi) is 5.65. The molecule has 7 heteroatoms. The van der Waals surface area contributed by atoms with Crippen LogP contribution in [0.3, 0.4) is 0 Å². The summed E-state index contributed by atoms with van der Waals surface area (Å²) in [6, 6.07) is 13.3. The quantitative estimate of drug-likeness (QED) is 0.708. The van der Waals surface area contributed by atoms with Crippen molar-refractivity contribution in [3.63, 3.8) is 0 Å². The van der Waals surface area contributed by atoms with E-state index in [1.54, 1.807) is 33.9 Å². The van der Waals surface area contributed by atoms with Crippen molar-refractivity contribution in [2.45, 2.75) is 32.4 Å². The van der Waals surface area contributed by atoms with Crippen LogP contribution < -0.4 is 5.32 Å². The number of ether oxygens (including phenoxy) is 2. The summed E-state index contributed by atoms with van der Waals surface area (Å²) in [6.07, 6.45) is -0.576. The van der Waals surface area contributed by atoms with Crippen LogP contribution in [0.25, 0.3) is 16.7 Å². The van der Waals surface area contributed by atoms with E-state index in [0.29, 0.717) is 16.9 Å². The van der Waals surface area contributed by atoms with Gasteiger partial charge in [0, 0.05) is 18.9 Å². The van der Waals surface area contributed by atoms with Crippen LogP contribution in [0.4, 0.5) is 9.18 Å². The Hall–Kier alpha value is -2.93. The van der Waals surface area contributed by atoms with Crippen LogP contribution in [-0.2, 0) is 9.47 Å². The van der Waals surface area contributed by atoms with Crippen molar-refractivity contribution in [2.24, 2.45) is 0 Å². The lowest BCUT2D eigenvalue weighted by Gasteiger charge is -2.23. The molecule has 0 spiro atoms. The zero-order chi connectivity index (χ0) is 20.3. The Morgan fingerprint density at radius 1 is 1.21 bits per heavy atom. The van der Waals surface area contributed by atoms with Gasteiger partial charge in [0.05, 0.1) is 17.6 Å².